The van der Waals surface area contributed by atoms with Crippen molar-refractivity contribution >= 4 is 5.97 Å². The van der Waals surface area contributed by atoms with Crippen LogP contribution in [0.4, 0.5) is 8.78 Å². The summed E-state index contributed by atoms with van der Waals surface area (Å²) < 4.78 is 28.9. The number of hydrogen-bond donors (Lipinski definition) is 0. The van der Waals surface area contributed by atoms with Gasteiger partial charge in [-0.3, -0.25) is 0 Å². The van der Waals surface area contributed by atoms with Crippen LogP contribution in [-0.2, 0) is 9.53 Å². The highest BCUT2D eigenvalue weighted by Crippen LogP contribution is 2.22. The number of ether oxygens (including phenoxy) is 1. The number of hydrogen-bond acceptors (Lipinski definition) is 2. The first-order valence-electron chi connectivity index (χ1n) is 3.14. The molecule has 0 fully saturated rings. The van der Waals surface area contributed by atoms with Crippen molar-refractivity contribution in [3.8, 4) is 0 Å². The molecule has 0 aromatic heterocycles. The van der Waals surface area contributed by atoms with E-state index in [4.69, 9.17) is 0 Å². The summed E-state index contributed by atoms with van der Waals surface area (Å²) in [5.74, 6) is -4.23. The second kappa shape index (κ2) is 3.46. The average molecular weight is 164 g/mol. The second-order valence-corrected chi connectivity index (χ2v) is 2.09. The van der Waals surface area contributed by atoms with E-state index in [1.54, 1.807) is 6.92 Å². The van der Waals surface area contributed by atoms with E-state index in [-0.39, 0.29) is 6.61 Å². The molecule has 4 heteroatoms. The van der Waals surface area contributed by atoms with Crippen LogP contribution in [0.15, 0.2) is 12.2 Å². The van der Waals surface area contributed by atoms with Gasteiger partial charge in [-0.2, -0.15) is 0 Å². The molecule has 0 amide bonds. The second-order valence-electron chi connectivity index (χ2n) is 2.09. The molecule has 0 rings (SSSR count). The highest BCUT2D eigenvalue weighted by Gasteiger charge is 2.31. The van der Waals surface area contributed by atoms with Gasteiger partial charge in [-0.15, -0.1) is 0 Å². The van der Waals surface area contributed by atoms with E-state index >= 15 is 0 Å². The van der Waals surface area contributed by atoms with Crippen molar-refractivity contribution in [3.63, 3.8) is 0 Å². The van der Waals surface area contributed by atoms with Crippen molar-refractivity contribution in [2.75, 3.05) is 6.61 Å². The fourth-order valence-corrected chi connectivity index (χ4v) is 0.397. The summed E-state index contributed by atoms with van der Waals surface area (Å²) in [4.78, 5) is 10.6. The molecule has 0 N–H and O–H groups in total. The Morgan fingerprint density at radius 2 is 2.09 bits per heavy atom. The average Bonchev–Trinajstić information content (AvgIpc) is 1.85. The number of carbonyl (C=O) groups is 1. The lowest BCUT2D eigenvalue weighted by molar-refractivity contribution is -0.141. The van der Waals surface area contributed by atoms with Crippen molar-refractivity contribution in [1.29, 1.82) is 0 Å². The lowest BCUT2D eigenvalue weighted by Crippen LogP contribution is -2.22. The Balaban J connectivity index is 4.15. The Bertz CT molecular complexity index is 170. The largest absolute Gasteiger partial charge is 0.462 e. The molecular formula is C7H10F2O2. The first-order valence-corrected chi connectivity index (χ1v) is 3.14. The van der Waals surface area contributed by atoms with Crippen LogP contribution in [0.5, 0.6) is 0 Å². The smallest absolute Gasteiger partial charge is 0.339 e. The predicted molar refractivity (Wildman–Crippen MR) is 36.4 cm³/mol. The Morgan fingerprint density at radius 3 is 2.36 bits per heavy atom. The summed E-state index contributed by atoms with van der Waals surface area (Å²) in [5.41, 5.74) is -0.806. The van der Waals surface area contributed by atoms with Gasteiger partial charge in [-0.25, -0.2) is 13.6 Å². The maximum absolute atomic E-state index is 12.3. The fraction of sp³-hybridized carbons (Fsp3) is 0.571. The van der Waals surface area contributed by atoms with E-state index in [0.29, 0.717) is 6.92 Å². The van der Waals surface area contributed by atoms with E-state index in [1.807, 2.05) is 0 Å². The molecule has 0 aliphatic carbocycles. The number of carbonyl (C=O) groups excluding carboxylic acids is 1. The molecule has 0 saturated heterocycles. The maximum atomic E-state index is 12.3. The van der Waals surface area contributed by atoms with E-state index in [1.165, 1.54) is 0 Å². The molecule has 0 aliphatic rings. The third-order valence-corrected chi connectivity index (χ3v) is 1.05. The van der Waals surface area contributed by atoms with E-state index < -0.39 is 17.5 Å². The molecule has 0 saturated carbocycles. The van der Waals surface area contributed by atoms with Gasteiger partial charge in [0, 0.05) is 6.92 Å². The van der Waals surface area contributed by atoms with E-state index in [0.717, 1.165) is 0 Å². The molecular weight excluding hydrogens is 154 g/mol. The fourth-order valence-electron chi connectivity index (χ4n) is 0.397. The van der Waals surface area contributed by atoms with Crippen LogP contribution in [0, 0.1) is 0 Å². The van der Waals surface area contributed by atoms with Gasteiger partial charge in [0.15, 0.2) is 0 Å². The monoisotopic (exact) mass is 164 g/mol. The van der Waals surface area contributed by atoms with Crippen LogP contribution in [-0.4, -0.2) is 18.5 Å². The Hall–Kier alpha value is -0.930. The third kappa shape index (κ3) is 3.11. The van der Waals surface area contributed by atoms with Gasteiger partial charge in [0.25, 0.3) is 5.92 Å². The summed E-state index contributed by atoms with van der Waals surface area (Å²) in [6, 6.07) is 0. The highest BCUT2D eigenvalue weighted by atomic mass is 19.3. The highest BCUT2D eigenvalue weighted by molar-refractivity contribution is 5.89. The van der Waals surface area contributed by atoms with Gasteiger partial charge in [0.2, 0.25) is 0 Å². The quantitative estimate of drug-likeness (QED) is 0.469. The SMILES string of the molecule is C=C(C(=O)OCC)C(C)(F)F. The van der Waals surface area contributed by atoms with Crippen molar-refractivity contribution < 1.29 is 18.3 Å². The van der Waals surface area contributed by atoms with Crippen molar-refractivity contribution in [2.24, 2.45) is 0 Å². The van der Waals surface area contributed by atoms with Gasteiger partial charge < -0.3 is 4.74 Å². The van der Waals surface area contributed by atoms with Crippen molar-refractivity contribution in [3.05, 3.63) is 12.2 Å². The third-order valence-electron chi connectivity index (χ3n) is 1.05. The van der Waals surface area contributed by atoms with Crippen LogP contribution < -0.4 is 0 Å². The van der Waals surface area contributed by atoms with Gasteiger partial charge in [-0.1, -0.05) is 6.58 Å². The summed E-state index contributed by atoms with van der Waals surface area (Å²) in [7, 11) is 0. The zero-order valence-electron chi connectivity index (χ0n) is 6.49. The first-order chi connectivity index (χ1) is 4.89. The summed E-state index contributed by atoms with van der Waals surface area (Å²) in [6.07, 6.45) is 0. The Labute approximate surface area is 63.8 Å². The lowest BCUT2D eigenvalue weighted by atomic mass is 10.2. The molecule has 0 heterocycles. The summed E-state index contributed by atoms with van der Waals surface area (Å²) >= 11 is 0. The molecule has 0 radical (unpaired) electrons. The van der Waals surface area contributed by atoms with Gasteiger partial charge in [-0.05, 0) is 6.92 Å². The molecule has 0 aromatic carbocycles. The van der Waals surface area contributed by atoms with Crippen molar-refractivity contribution in [2.45, 2.75) is 19.8 Å². The van der Waals surface area contributed by atoms with Crippen LogP contribution in [0.3, 0.4) is 0 Å². The predicted octanol–water partition coefficient (Wildman–Crippen LogP) is 1.76. The zero-order valence-corrected chi connectivity index (χ0v) is 6.49. The van der Waals surface area contributed by atoms with Gasteiger partial charge >= 0.3 is 5.97 Å². The number of alkyl halides is 2. The van der Waals surface area contributed by atoms with E-state index in [2.05, 4.69) is 11.3 Å². The van der Waals surface area contributed by atoms with Gasteiger partial charge in [0.1, 0.15) is 0 Å². The van der Waals surface area contributed by atoms with Crippen LogP contribution >= 0.6 is 0 Å². The molecule has 2 nitrogen and oxygen atoms in total. The number of halogens is 2. The normalized spacial score (nSPS) is 10.9. The van der Waals surface area contributed by atoms with Gasteiger partial charge in [0.05, 0.1) is 12.2 Å². The summed E-state index contributed by atoms with van der Waals surface area (Å²) in [5, 5.41) is 0. The number of esters is 1. The standard InChI is InChI=1S/C7H10F2O2/c1-4-11-6(10)5(2)7(3,8)9/h2,4H2,1,3H3. The first kappa shape index (κ1) is 10.1. The van der Waals surface area contributed by atoms with Crippen molar-refractivity contribution in [1.82, 2.24) is 0 Å². The molecule has 0 aliphatic heterocycles. The molecule has 0 unspecified atom stereocenters. The molecule has 0 spiro atoms. The van der Waals surface area contributed by atoms with Crippen LogP contribution in [0.2, 0.25) is 0 Å². The number of rotatable bonds is 3. The zero-order chi connectivity index (χ0) is 9.07. The Morgan fingerprint density at radius 1 is 1.64 bits per heavy atom. The molecule has 64 valence electrons. The molecule has 0 bridgehead atoms. The van der Waals surface area contributed by atoms with Crippen LogP contribution in [0.25, 0.3) is 0 Å². The minimum Gasteiger partial charge on any atom is -0.462 e. The lowest BCUT2D eigenvalue weighted by Gasteiger charge is -2.11. The minimum absolute atomic E-state index is 0.0773. The van der Waals surface area contributed by atoms with Crippen LogP contribution in [0.1, 0.15) is 13.8 Å². The summed E-state index contributed by atoms with van der Waals surface area (Å²) in [6.45, 7) is 5.14. The minimum atomic E-state index is -3.19. The molecule has 0 atom stereocenters. The van der Waals surface area contributed by atoms with E-state index in [9.17, 15) is 13.6 Å². The topological polar surface area (TPSA) is 26.3 Å². The molecule has 11 heavy (non-hydrogen) atoms. The Kier molecular flexibility index (Phi) is 3.17. The maximum Gasteiger partial charge on any atom is 0.339 e. The molecule has 0 aromatic rings.